The van der Waals surface area contributed by atoms with Crippen molar-refractivity contribution in [3.63, 3.8) is 0 Å². The molecule has 96 valence electrons. The quantitative estimate of drug-likeness (QED) is 0.876. The second kappa shape index (κ2) is 5.62. The fraction of sp³-hybridized carbons (Fsp3) is 0.462. The Kier molecular flexibility index (Phi) is 3.92. The SMILES string of the molecule is COc1ccc(CCCc2nn[nH]n2)c(C)c1C. The van der Waals surface area contributed by atoms with Crippen LogP contribution in [0, 0.1) is 13.8 Å². The van der Waals surface area contributed by atoms with Gasteiger partial charge in [0.1, 0.15) is 5.75 Å². The Morgan fingerprint density at radius 1 is 1.17 bits per heavy atom. The minimum atomic E-state index is 0.776. The summed E-state index contributed by atoms with van der Waals surface area (Å²) in [4.78, 5) is 0. The number of rotatable bonds is 5. The van der Waals surface area contributed by atoms with Crippen LogP contribution >= 0.6 is 0 Å². The van der Waals surface area contributed by atoms with E-state index in [0.29, 0.717) is 0 Å². The molecule has 0 aliphatic carbocycles. The third kappa shape index (κ3) is 2.67. The molecule has 0 radical (unpaired) electrons. The van der Waals surface area contributed by atoms with Gasteiger partial charge < -0.3 is 4.74 Å². The number of aromatic amines is 1. The summed E-state index contributed by atoms with van der Waals surface area (Å²) in [5.41, 5.74) is 3.88. The van der Waals surface area contributed by atoms with Crippen LogP contribution in [0.5, 0.6) is 5.75 Å². The summed E-state index contributed by atoms with van der Waals surface area (Å²) in [6, 6.07) is 4.17. The van der Waals surface area contributed by atoms with E-state index in [2.05, 4.69) is 40.5 Å². The molecule has 0 aliphatic heterocycles. The van der Waals surface area contributed by atoms with Crippen molar-refractivity contribution in [3.05, 3.63) is 34.6 Å². The van der Waals surface area contributed by atoms with E-state index in [1.807, 2.05) is 6.07 Å². The minimum absolute atomic E-state index is 0.776. The summed E-state index contributed by atoms with van der Waals surface area (Å²) < 4.78 is 5.31. The molecule has 0 fully saturated rings. The molecule has 5 heteroatoms. The average molecular weight is 246 g/mol. The van der Waals surface area contributed by atoms with Crippen molar-refractivity contribution >= 4 is 0 Å². The molecule has 0 atom stereocenters. The Morgan fingerprint density at radius 2 is 2.00 bits per heavy atom. The van der Waals surface area contributed by atoms with Gasteiger partial charge in [0.25, 0.3) is 0 Å². The number of aromatic nitrogens is 4. The first-order valence-electron chi connectivity index (χ1n) is 6.07. The summed E-state index contributed by atoms with van der Waals surface area (Å²) in [6.45, 7) is 4.23. The van der Waals surface area contributed by atoms with Crippen LogP contribution in [0.3, 0.4) is 0 Å². The highest BCUT2D eigenvalue weighted by molar-refractivity contribution is 5.43. The van der Waals surface area contributed by atoms with Gasteiger partial charge in [-0.3, -0.25) is 0 Å². The van der Waals surface area contributed by atoms with Crippen LogP contribution in [0.4, 0.5) is 0 Å². The highest BCUT2D eigenvalue weighted by atomic mass is 16.5. The fourth-order valence-electron chi connectivity index (χ4n) is 2.07. The van der Waals surface area contributed by atoms with E-state index in [1.165, 1.54) is 16.7 Å². The van der Waals surface area contributed by atoms with Crippen LogP contribution < -0.4 is 4.74 Å². The molecule has 1 N–H and O–H groups in total. The Hall–Kier alpha value is -1.91. The topological polar surface area (TPSA) is 63.7 Å². The van der Waals surface area contributed by atoms with Crippen LogP contribution in [0.15, 0.2) is 12.1 Å². The Morgan fingerprint density at radius 3 is 2.67 bits per heavy atom. The number of tetrazole rings is 1. The number of H-pyrrole nitrogens is 1. The van der Waals surface area contributed by atoms with Crippen LogP contribution in [0.1, 0.15) is 28.9 Å². The lowest BCUT2D eigenvalue weighted by atomic mass is 9.98. The maximum Gasteiger partial charge on any atom is 0.174 e. The van der Waals surface area contributed by atoms with Crippen molar-refractivity contribution in [2.45, 2.75) is 33.1 Å². The number of ether oxygens (including phenoxy) is 1. The second-order valence-corrected chi connectivity index (χ2v) is 4.36. The molecule has 2 aromatic rings. The summed E-state index contributed by atoms with van der Waals surface area (Å²) in [7, 11) is 1.71. The van der Waals surface area contributed by atoms with E-state index in [4.69, 9.17) is 4.74 Å². The number of nitrogens with zero attached hydrogens (tertiary/aromatic N) is 3. The maximum absolute atomic E-state index is 5.31. The normalized spacial score (nSPS) is 10.6. The maximum atomic E-state index is 5.31. The van der Waals surface area contributed by atoms with Crippen molar-refractivity contribution in [2.75, 3.05) is 7.11 Å². The largest absolute Gasteiger partial charge is 0.496 e. The van der Waals surface area contributed by atoms with E-state index < -0.39 is 0 Å². The Balaban J connectivity index is 1.99. The van der Waals surface area contributed by atoms with Gasteiger partial charge in [-0.1, -0.05) is 11.3 Å². The number of hydrogen-bond donors (Lipinski definition) is 1. The predicted octanol–water partition coefficient (Wildman–Crippen LogP) is 2.00. The van der Waals surface area contributed by atoms with Gasteiger partial charge in [0.05, 0.1) is 7.11 Å². The Labute approximate surface area is 107 Å². The molecule has 18 heavy (non-hydrogen) atoms. The first-order valence-corrected chi connectivity index (χ1v) is 6.07. The molecular formula is C13H18N4O. The van der Waals surface area contributed by atoms with Gasteiger partial charge >= 0.3 is 0 Å². The average Bonchev–Trinajstić information content (AvgIpc) is 2.88. The lowest BCUT2D eigenvalue weighted by molar-refractivity contribution is 0.411. The van der Waals surface area contributed by atoms with Crippen LogP contribution in [0.25, 0.3) is 0 Å². The molecule has 0 amide bonds. The van der Waals surface area contributed by atoms with Crippen molar-refractivity contribution in [1.29, 1.82) is 0 Å². The van der Waals surface area contributed by atoms with E-state index in [0.717, 1.165) is 30.8 Å². The molecule has 0 unspecified atom stereocenters. The fourth-order valence-corrected chi connectivity index (χ4v) is 2.07. The molecule has 0 aliphatic rings. The van der Waals surface area contributed by atoms with Gasteiger partial charge in [-0.25, -0.2) is 0 Å². The van der Waals surface area contributed by atoms with Crippen molar-refractivity contribution in [1.82, 2.24) is 20.6 Å². The summed E-state index contributed by atoms with van der Waals surface area (Å²) in [5, 5.41) is 13.9. The van der Waals surface area contributed by atoms with Crippen molar-refractivity contribution in [3.8, 4) is 5.75 Å². The number of methoxy groups -OCH3 is 1. The smallest absolute Gasteiger partial charge is 0.174 e. The van der Waals surface area contributed by atoms with Crippen molar-refractivity contribution in [2.24, 2.45) is 0 Å². The first-order chi connectivity index (χ1) is 8.72. The standard InChI is InChI=1S/C13H18N4O/c1-9-10(2)12(18-3)8-7-11(9)5-4-6-13-14-16-17-15-13/h7-8H,4-6H2,1-3H3,(H,14,15,16,17). The van der Waals surface area contributed by atoms with Gasteiger partial charge in [0, 0.05) is 6.42 Å². The molecule has 0 saturated carbocycles. The zero-order chi connectivity index (χ0) is 13.0. The van der Waals surface area contributed by atoms with Crippen LogP contribution in [-0.4, -0.2) is 27.7 Å². The lowest BCUT2D eigenvalue weighted by Gasteiger charge is -2.12. The number of benzene rings is 1. The van der Waals surface area contributed by atoms with Gasteiger partial charge in [0.2, 0.25) is 0 Å². The first kappa shape index (κ1) is 12.5. The molecule has 1 heterocycles. The molecular weight excluding hydrogens is 228 g/mol. The predicted molar refractivity (Wildman–Crippen MR) is 68.7 cm³/mol. The number of nitrogens with one attached hydrogen (secondary N) is 1. The van der Waals surface area contributed by atoms with E-state index in [9.17, 15) is 0 Å². The van der Waals surface area contributed by atoms with E-state index in [-0.39, 0.29) is 0 Å². The van der Waals surface area contributed by atoms with E-state index in [1.54, 1.807) is 7.11 Å². The molecule has 0 bridgehead atoms. The van der Waals surface area contributed by atoms with E-state index >= 15 is 0 Å². The molecule has 0 spiro atoms. The third-order valence-electron chi connectivity index (χ3n) is 3.31. The van der Waals surface area contributed by atoms with Gasteiger partial charge in [0.15, 0.2) is 5.82 Å². The monoisotopic (exact) mass is 246 g/mol. The zero-order valence-corrected chi connectivity index (χ0v) is 11.0. The molecule has 2 rings (SSSR count). The number of hydrogen-bond acceptors (Lipinski definition) is 4. The summed E-state index contributed by atoms with van der Waals surface area (Å²) in [6.07, 6.45) is 2.89. The molecule has 5 nitrogen and oxygen atoms in total. The molecule has 1 aromatic heterocycles. The molecule has 0 saturated heterocycles. The highest BCUT2D eigenvalue weighted by Crippen LogP contribution is 2.24. The van der Waals surface area contributed by atoms with Crippen LogP contribution in [-0.2, 0) is 12.8 Å². The van der Waals surface area contributed by atoms with Gasteiger partial charge in [-0.2, -0.15) is 5.21 Å². The van der Waals surface area contributed by atoms with Gasteiger partial charge in [-0.15, -0.1) is 10.2 Å². The van der Waals surface area contributed by atoms with Crippen LogP contribution in [0.2, 0.25) is 0 Å². The number of aryl methyl sites for hydroxylation is 2. The van der Waals surface area contributed by atoms with Gasteiger partial charge in [-0.05, 0) is 49.4 Å². The summed E-state index contributed by atoms with van der Waals surface area (Å²) in [5.74, 6) is 1.73. The lowest BCUT2D eigenvalue weighted by Crippen LogP contribution is -1.98. The molecule has 1 aromatic carbocycles. The highest BCUT2D eigenvalue weighted by Gasteiger charge is 2.07. The minimum Gasteiger partial charge on any atom is -0.496 e. The second-order valence-electron chi connectivity index (χ2n) is 4.36. The Bertz CT molecular complexity index is 508. The summed E-state index contributed by atoms with van der Waals surface area (Å²) >= 11 is 0. The zero-order valence-electron chi connectivity index (χ0n) is 11.0. The van der Waals surface area contributed by atoms with Crippen molar-refractivity contribution < 1.29 is 4.74 Å². The third-order valence-corrected chi connectivity index (χ3v) is 3.31.